The minimum Gasteiger partial charge on any atom is -0.457 e. The molecular formula is C35H69O7P. The molecule has 0 saturated carbocycles. The normalized spacial score (nSPS) is 12.7. The van der Waals surface area contributed by atoms with E-state index in [-0.39, 0.29) is 19.2 Å². The van der Waals surface area contributed by atoms with Gasteiger partial charge in [-0.05, 0) is 32.1 Å². The fourth-order valence-corrected chi connectivity index (χ4v) is 5.49. The largest absolute Gasteiger partial charge is 0.469 e. The molecule has 0 radical (unpaired) electrons. The second-order valence-electron chi connectivity index (χ2n) is 12.2. The number of ether oxygens (including phenoxy) is 2. The molecule has 0 aliphatic rings. The van der Waals surface area contributed by atoms with Crippen LogP contribution in [0.15, 0.2) is 12.2 Å². The van der Waals surface area contributed by atoms with E-state index in [4.69, 9.17) is 19.3 Å². The third-order valence-corrected chi connectivity index (χ3v) is 8.30. The monoisotopic (exact) mass is 632 g/mol. The van der Waals surface area contributed by atoms with Crippen molar-refractivity contribution < 1.29 is 33.1 Å². The molecular weight excluding hydrogens is 563 g/mol. The van der Waals surface area contributed by atoms with Gasteiger partial charge in [-0.25, -0.2) is 4.57 Å². The average molecular weight is 633 g/mol. The van der Waals surface area contributed by atoms with Crippen LogP contribution in [0, 0.1) is 0 Å². The Bertz CT molecular complexity index is 665. The van der Waals surface area contributed by atoms with Gasteiger partial charge in [-0.3, -0.25) is 9.32 Å². The molecule has 0 aliphatic carbocycles. The molecule has 0 saturated heterocycles. The Kier molecular flexibility index (Phi) is 32.1. The van der Waals surface area contributed by atoms with E-state index in [1.807, 2.05) is 0 Å². The molecule has 43 heavy (non-hydrogen) atoms. The van der Waals surface area contributed by atoms with E-state index in [9.17, 15) is 9.36 Å². The van der Waals surface area contributed by atoms with Crippen molar-refractivity contribution in [2.45, 2.75) is 187 Å². The van der Waals surface area contributed by atoms with Crippen molar-refractivity contribution in [3.05, 3.63) is 12.2 Å². The Morgan fingerprint density at radius 3 is 1.56 bits per heavy atom. The summed E-state index contributed by atoms with van der Waals surface area (Å²) >= 11 is 0. The quantitative estimate of drug-likeness (QED) is 0.0315. The third-order valence-electron chi connectivity index (χ3n) is 7.82. The van der Waals surface area contributed by atoms with Crippen LogP contribution in [0.3, 0.4) is 0 Å². The number of hydrogen-bond acceptors (Lipinski definition) is 5. The van der Waals surface area contributed by atoms with Crippen molar-refractivity contribution >= 4 is 13.8 Å². The molecule has 0 amide bonds. The first kappa shape index (κ1) is 42.3. The van der Waals surface area contributed by atoms with E-state index >= 15 is 0 Å². The number of carbonyl (C=O) groups is 1. The first-order valence-corrected chi connectivity index (χ1v) is 19.5. The molecule has 0 heterocycles. The van der Waals surface area contributed by atoms with Crippen LogP contribution in [0.1, 0.15) is 181 Å². The van der Waals surface area contributed by atoms with Gasteiger partial charge in [-0.1, -0.05) is 154 Å². The van der Waals surface area contributed by atoms with E-state index in [2.05, 4.69) is 30.5 Å². The van der Waals surface area contributed by atoms with Crippen LogP contribution in [0.2, 0.25) is 0 Å². The van der Waals surface area contributed by atoms with Gasteiger partial charge >= 0.3 is 13.8 Å². The average Bonchev–Trinajstić information content (AvgIpc) is 2.97. The summed E-state index contributed by atoms with van der Waals surface area (Å²) in [4.78, 5) is 30.4. The predicted molar refractivity (Wildman–Crippen MR) is 179 cm³/mol. The molecule has 7 nitrogen and oxygen atoms in total. The number of phosphoric acid groups is 1. The zero-order valence-electron chi connectivity index (χ0n) is 28.1. The highest BCUT2D eigenvalue weighted by atomic mass is 31.2. The Balaban J connectivity index is 3.80. The summed E-state index contributed by atoms with van der Waals surface area (Å²) in [6.07, 6.45) is 34.9. The fraction of sp³-hybridized carbons (Fsp3) is 0.914. The zero-order valence-corrected chi connectivity index (χ0v) is 29.0. The maximum absolute atomic E-state index is 12.3. The molecule has 0 spiro atoms. The van der Waals surface area contributed by atoms with Gasteiger partial charge in [-0.15, -0.1) is 0 Å². The van der Waals surface area contributed by atoms with E-state index in [0.717, 1.165) is 44.9 Å². The SMILES string of the molecule is CCCC/C=C\CCCCCCCC(=O)O[C@H](COCCCCCCCCCCCCCCCCCC)COP(=O)(O)O. The van der Waals surface area contributed by atoms with Gasteiger partial charge in [0.05, 0.1) is 13.2 Å². The van der Waals surface area contributed by atoms with E-state index in [1.165, 1.54) is 116 Å². The summed E-state index contributed by atoms with van der Waals surface area (Å²) in [5.74, 6) is -0.371. The molecule has 2 N–H and O–H groups in total. The number of allylic oxidation sites excluding steroid dienone is 2. The van der Waals surface area contributed by atoms with Crippen molar-refractivity contribution in [1.29, 1.82) is 0 Å². The third kappa shape index (κ3) is 35.6. The highest BCUT2D eigenvalue weighted by molar-refractivity contribution is 7.46. The molecule has 0 aromatic carbocycles. The van der Waals surface area contributed by atoms with Crippen LogP contribution in [0.25, 0.3) is 0 Å². The van der Waals surface area contributed by atoms with Crippen LogP contribution in [-0.2, 0) is 23.4 Å². The molecule has 0 aromatic heterocycles. The maximum atomic E-state index is 12.3. The second kappa shape index (κ2) is 32.7. The molecule has 0 unspecified atom stereocenters. The molecule has 0 aliphatic heterocycles. The highest BCUT2D eigenvalue weighted by Gasteiger charge is 2.21. The lowest BCUT2D eigenvalue weighted by molar-refractivity contribution is -0.154. The van der Waals surface area contributed by atoms with Crippen molar-refractivity contribution in [1.82, 2.24) is 0 Å². The van der Waals surface area contributed by atoms with Gasteiger partial charge in [0.1, 0.15) is 6.10 Å². The molecule has 256 valence electrons. The van der Waals surface area contributed by atoms with Crippen LogP contribution in [-0.4, -0.2) is 41.7 Å². The van der Waals surface area contributed by atoms with Gasteiger partial charge < -0.3 is 19.3 Å². The Morgan fingerprint density at radius 1 is 0.605 bits per heavy atom. The molecule has 0 bridgehead atoms. The van der Waals surface area contributed by atoms with Crippen molar-refractivity contribution in [2.24, 2.45) is 0 Å². The van der Waals surface area contributed by atoms with Gasteiger partial charge in [0.15, 0.2) is 0 Å². The Morgan fingerprint density at radius 2 is 1.05 bits per heavy atom. The summed E-state index contributed by atoms with van der Waals surface area (Å²) in [5, 5.41) is 0. The molecule has 8 heteroatoms. The van der Waals surface area contributed by atoms with Gasteiger partial charge in [0.2, 0.25) is 0 Å². The Labute approximate surface area is 265 Å². The van der Waals surface area contributed by atoms with E-state index < -0.39 is 13.9 Å². The molecule has 0 fully saturated rings. The molecule has 1 atom stereocenters. The van der Waals surface area contributed by atoms with Crippen LogP contribution < -0.4 is 0 Å². The summed E-state index contributed by atoms with van der Waals surface area (Å²) in [7, 11) is -4.64. The fourth-order valence-electron chi connectivity index (χ4n) is 5.13. The van der Waals surface area contributed by atoms with Gasteiger partial charge in [0.25, 0.3) is 0 Å². The van der Waals surface area contributed by atoms with Crippen LogP contribution in [0.5, 0.6) is 0 Å². The standard InChI is InChI=1S/C35H69O7P/c1-3-5-7-9-11-13-15-16-17-18-19-21-23-25-27-29-31-40-32-34(33-41-43(37,38)39)42-35(36)30-28-26-24-22-20-14-12-10-8-6-4-2/h10,12,34H,3-9,11,13-33H2,1-2H3,(H2,37,38,39)/b12-10-/t34-/m1/s1. The molecule has 0 aromatic rings. The lowest BCUT2D eigenvalue weighted by Gasteiger charge is -2.18. The van der Waals surface area contributed by atoms with Crippen molar-refractivity contribution in [2.75, 3.05) is 19.8 Å². The summed E-state index contributed by atoms with van der Waals surface area (Å²) in [6.45, 7) is 4.72. The van der Waals surface area contributed by atoms with Crippen molar-refractivity contribution in [3.8, 4) is 0 Å². The minimum absolute atomic E-state index is 0.0796. The summed E-state index contributed by atoms with van der Waals surface area (Å²) in [6, 6.07) is 0. The maximum Gasteiger partial charge on any atom is 0.469 e. The number of esters is 1. The second-order valence-corrected chi connectivity index (χ2v) is 13.4. The Hall–Kier alpha value is -0.720. The van der Waals surface area contributed by atoms with E-state index in [0.29, 0.717) is 13.0 Å². The van der Waals surface area contributed by atoms with Gasteiger partial charge in [0, 0.05) is 13.0 Å². The summed E-state index contributed by atoms with van der Waals surface area (Å²) < 4.78 is 26.8. The smallest absolute Gasteiger partial charge is 0.457 e. The van der Waals surface area contributed by atoms with Gasteiger partial charge in [-0.2, -0.15) is 0 Å². The lowest BCUT2D eigenvalue weighted by Crippen LogP contribution is -2.28. The minimum atomic E-state index is -4.64. The van der Waals surface area contributed by atoms with Crippen LogP contribution in [0.4, 0.5) is 0 Å². The number of hydrogen-bond donors (Lipinski definition) is 2. The highest BCUT2D eigenvalue weighted by Crippen LogP contribution is 2.35. The molecule has 0 rings (SSSR count). The number of carbonyl (C=O) groups excluding carboxylic acids is 1. The first-order valence-electron chi connectivity index (χ1n) is 18.0. The summed E-state index contributed by atoms with van der Waals surface area (Å²) in [5.41, 5.74) is 0. The van der Waals surface area contributed by atoms with Crippen molar-refractivity contribution in [3.63, 3.8) is 0 Å². The predicted octanol–water partition coefficient (Wildman–Crippen LogP) is 10.8. The number of rotatable bonds is 34. The lowest BCUT2D eigenvalue weighted by atomic mass is 10.0. The number of phosphoric ester groups is 1. The number of unbranched alkanes of at least 4 members (excludes halogenated alkanes) is 22. The first-order chi connectivity index (χ1) is 20.9. The van der Waals surface area contributed by atoms with E-state index in [1.54, 1.807) is 0 Å². The topological polar surface area (TPSA) is 102 Å². The zero-order chi connectivity index (χ0) is 31.7. The van der Waals surface area contributed by atoms with Crippen LogP contribution >= 0.6 is 7.82 Å².